The number of hydrogen-bond acceptors (Lipinski definition) is 4. The van der Waals surface area contributed by atoms with Gasteiger partial charge in [0.05, 0.1) is 5.02 Å². The molecule has 0 unspecified atom stereocenters. The van der Waals surface area contributed by atoms with E-state index < -0.39 is 5.97 Å². The number of carbonyl (C=O) groups is 1. The zero-order chi connectivity index (χ0) is 13.8. The summed E-state index contributed by atoms with van der Waals surface area (Å²) in [5, 5.41) is 12.5. The Labute approximate surface area is 115 Å². The van der Waals surface area contributed by atoms with Crippen LogP contribution in [-0.2, 0) is 0 Å². The molecule has 0 amide bonds. The van der Waals surface area contributed by atoms with E-state index in [1.165, 1.54) is 6.20 Å². The fourth-order valence-electron chi connectivity index (χ4n) is 1.61. The van der Waals surface area contributed by atoms with Crippen LogP contribution in [0.4, 0.5) is 5.82 Å². The molecule has 0 spiro atoms. The van der Waals surface area contributed by atoms with Crippen LogP contribution in [0.15, 0.2) is 30.5 Å². The van der Waals surface area contributed by atoms with Gasteiger partial charge in [0, 0.05) is 18.3 Å². The molecule has 2 N–H and O–H groups in total. The monoisotopic (exact) mass is 277 g/mol. The molecule has 19 heavy (non-hydrogen) atoms. The maximum Gasteiger partial charge on any atom is 0.341 e. The van der Waals surface area contributed by atoms with Crippen LogP contribution in [0.3, 0.4) is 0 Å². The van der Waals surface area contributed by atoms with Crippen molar-refractivity contribution in [1.82, 2.24) is 9.97 Å². The van der Waals surface area contributed by atoms with Crippen molar-refractivity contribution in [2.24, 2.45) is 0 Å². The quantitative estimate of drug-likeness (QED) is 0.899. The molecule has 1 aromatic carbocycles. The lowest BCUT2D eigenvalue weighted by Gasteiger charge is -2.09. The number of anilines is 1. The summed E-state index contributed by atoms with van der Waals surface area (Å²) in [5.41, 5.74) is 0.706. The highest BCUT2D eigenvalue weighted by Gasteiger charge is 2.14. The van der Waals surface area contributed by atoms with E-state index in [1.54, 1.807) is 12.1 Å². The molecule has 0 aliphatic heterocycles. The van der Waals surface area contributed by atoms with Gasteiger partial charge in [0.1, 0.15) is 11.4 Å². The first kappa shape index (κ1) is 13.3. The molecule has 0 saturated carbocycles. The minimum Gasteiger partial charge on any atom is -0.477 e. The van der Waals surface area contributed by atoms with Gasteiger partial charge in [0.15, 0.2) is 5.82 Å². The Morgan fingerprint density at radius 3 is 2.79 bits per heavy atom. The van der Waals surface area contributed by atoms with Gasteiger partial charge in [-0.3, -0.25) is 0 Å². The van der Waals surface area contributed by atoms with E-state index in [0.717, 1.165) is 0 Å². The number of aromatic nitrogens is 2. The fourth-order valence-corrected chi connectivity index (χ4v) is 1.83. The Kier molecular flexibility index (Phi) is 3.97. The van der Waals surface area contributed by atoms with Gasteiger partial charge < -0.3 is 10.4 Å². The normalized spacial score (nSPS) is 10.2. The van der Waals surface area contributed by atoms with Crippen molar-refractivity contribution in [3.63, 3.8) is 0 Å². The molecule has 0 saturated heterocycles. The van der Waals surface area contributed by atoms with Crippen LogP contribution in [0.2, 0.25) is 5.02 Å². The van der Waals surface area contributed by atoms with Crippen molar-refractivity contribution in [3.05, 3.63) is 41.0 Å². The summed E-state index contributed by atoms with van der Waals surface area (Å²) in [5.74, 6) is -0.381. The number of hydrogen-bond donors (Lipinski definition) is 2. The third-order valence-corrected chi connectivity index (χ3v) is 2.81. The number of nitrogens with one attached hydrogen (secondary N) is 1. The van der Waals surface area contributed by atoms with Crippen LogP contribution in [0.25, 0.3) is 11.4 Å². The Bertz CT molecular complexity index is 617. The molecule has 0 fully saturated rings. The maximum absolute atomic E-state index is 11.1. The van der Waals surface area contributed by atoms with Gasteiger partial charge in [-0.15, -0.1) is 0 Å². The minimum absolute atomic E-state index is 0.0395. The highest BCUT2D eigenvalue weighted by atomic mass is 35.5. The van der Waals surface area contributed by atoms with Crippen LogP contribution in [0.5, 0.6) is 0 Å². The standard InChI is InChI=1S/C13H12ClN3O2/c1-2-15-12-9(13(18)19)7-16-11(17-12)8-5-3-4-6-10(8)14/h3-7H,2H2,1H3,(H,18,19)(H,15,16,17). The second-order valence-corrected chi connectivity index (χ2v) is 4.18. The summed E-state index contributed by atoms with van der Waals surface area (Å²) in [7, 11) is 0. The van der Waals surface area contributed by atoms with Crippen LogP contribution in [0, 0.1) is 0 Å². The number of aromatic carboxylic acids is 1. The lowest BCUT2D eigenvalue weighted by molar-refractivity contribution is 0.0697. The molecule has 98 valence electrons. The maximum atomic E-state index is 11.1. The van der Waals surface area contributed by atoms with Crippen molar-refractivity contribution >= 4 is 23.4 Å². The molecule has 2 aromatic rings. The molecule has 0 aliphatic rings. The van der Waals surface area contributed by atoms with Crippen molar-refractivity contribution < 1.29 is 9.90 Å². The zero-order valence-corrected chi connectivity index (χ0v) is 11.0. The van der Waals surface area contributed by atoms with Crippen molar-refractivity contribution in [2.75, 3.05) is 11.9 Å². The van der Waals surface area contributed by atoms with Gasteiger partial charge in [-0.1, -0.05) is 23.7 Å². The van der Waals surface area contributed by atoms with E-state index in [-0.39, 0.29) is 5.56 Å². The summed E-state index contributed by atoms with van der Waals surface area (Å²) in [4.78, 5) is 19.4. The predicted molar refractivity (Wildman–Crippen MR) is 73.6 cm³/mol. The Morgan fingerprint density at radius 2 is 2.16 bits per heavy atom. The van der Waals surface area contributed by atoms with E-state index in [0.29, 0.717) is 28.8 Å². The summed E-state index contributed by atoms with van der Waals surface area (Å²) < 4.78 is 0. The molecule has 0 radical (unpaired) electrons. The molecule has 0 aliphatic carbocycles. The molecule has 5 nitrogen and oxygen atoms in total. The van der Waals surface area contributed by atoms with Crippen LogP contribution in [-0.4, -0.2) is 27.6 Å². The van der Waals surface area contributed by atoms with Crippen LogP contribution in [0.1, 0.15) is 17.3 Å². The number of carboxylic acid groups (broad SMARTS) is 1. The van der Waals surface area contributed by atoms with Crippen LogP contribution >= 0.6 is 11.6 Å². The van der Waals surface area contributed by atoms with Gasteiger partial charge in [0.25, 0.3) is 0 Å². The molecule has 1 aromatic heterocycles. The highest BCUT2D eigenvalue weighted by Crippen LogP contribution is 2.26. The predicted octanol–water partition coefficient (Wildman–Crippen LogP) is 2.93. The zero-order valence-electron chi connectivity index (χ0n) is 10.2. The third-order valence-electron chi connectivity index (χ3n) is 2.48. The first-order valence-electron chi connectivity index (χ1n) is 5.72. The third kappa shape index (κ3) is 2.82. The van der Waals surface area contributed by atoms with Crippen LogP contribution < -0.4 is 5.32 Å². The lowest BCUT2D eigenvalue weighted by Crippen LogP contribution is -2.09. The molecular formula is C13H12ClN3O2. The van der Waals surface area contributed by atoms with E-state index in [9.17, 15) is 4.79 Å². The summed E-state index contributed by atoms with van der Waals surface area (Å²) in [6.07, 6.45) is 1.28. The fraction of sp³-hybridized carbons (Fsp3) is 0.154. The minimum atomic E-state index is -1.07. The topological polar surface area (TPSA) is 75.1 Å². The average molecular weight is 278 g/mol. The first-order valence-corrected chi connectivity index (χ1v) is 6.10. The second-order valence-electron chi connectivity index (χ2n) is 3.77. The summed E-state index contributed by atoms with van der Waals surface area (Å²) >= 11 is 6.07. The largest absolute Gasteiger partial charge is 0.477 e. The van der Waals surface area contributed by atoms with E-state index in [1.807, 2.05) is 19.1 Å². The summed E-state index contributed by atoms with van der Waals surface area (Å²) in [6, 6.07) is 7.15. The van der Waals surface area contributed by atoms with Gasteiger partial charge in [-0.05, 0) is 19.1 Å². The number of nitrogens with zero attached hydrogens (tertiary/aromatic N) is 2. The number of halogens is 1. The molecular weight excluding hydrogens is 266 g/mol. The van der Waals surface area contributed by atoms with Gasteiger partial charge in [0.2, 0.25) is 0 Å². The first-order chi connectivity index (χ1) is 9.13. The molecule has 2 rings (SSSR count). The molecule has 0 bridgehead atoms. The van der Waals surface area contributed by atoms with Crippen molar-refractivity contribution in [1.29, 1.82) is 0 Å². The lowest BCUT2D eigenvalue weighted by atomic mass is 10.2. The SMILES string of the molecule is CCNc1nc(-c2ccccc2Cl)ncc1C(=O)O. The Balaban J connectivity index is 2.52. The van der Waals surface area contributed by atoms with Crippen molar-refractivity contribution in [3.8, 4) is 11.4 Å². The van der Waals surface area contributed by atoms with E-state index >= 15 is 0 Å². The van der Waals surface area contributed by atoms with Gasteiger partial charge >= 0.3 is 5.97 Å². The number of benzene rings is 1. The van der Waals surface area contributed by atoms with E-state index in [4.69, 9.17) is 16.7 Å². The van der Waals surface area contributed by atoms with E-state index in [2.05, 4.69) is 15.3 Å². The average Bonchev–Trinajstić information content (AvgIpc) is 2.39. The molecule has 0 atom stereocenters. The smallest absolute Gasteiger partial charge is 0.341 e. The van der Waals surface area contributed by atoms with Crippen molar-refractivity contribution in [2.45, 2.75) is 6.92 Å². The Hall–Kier alpha value is -2.14. The summed E-state index contributed by atoms with van der Waals surface area (Å²) in [6.45, 7) is 2.43. The Morgan fingerprint density at radius 1 is 1.42 bits per heavy atom. The van der Waals surface area contributed by atoms with Gasteiger partial charge in [-0.2, -0.15) is 0 Å². The highest BCUT2D eigenvalue weighted by molar-refractivity contribution is 6.33. The second kappa shape index (κ2) is 5.67. The number of carboxylic acids is 1. The van der Waals surface area contributed by atoms with Gasteiger partial charge in [-0.25, -0.2) is 14.8 Å². The number of rotatable bonds is 4. The molecule has 6 heteroatoms. The molecule has 1 heterocycles.